The number of sulfone groups is 1. The molecule has 0 radical (unpaired) electrons. The number of hydrogen-bond acceptors (Lipinski definition) is 4. The molecule has 0 saturated carbocycles. The van der Waals surface area contributed by atoms with E-state index < -0.39 is 9.84 Å². The molecule has 5 heteroatoms. The average Bonchev–Trinajstić information content (AvgIpc) is 2.76. The number of ether oxygens (including phenoxy) is 1. The van der Waals surface area contributed by atoms with Crippen LogP contribution in [-0.4, -0.2) is 26.5 Å². The molecule has 1 fully saturated rings. The Labute approximate surface area is 121 Å². The molecule has 0 bridgehead atoms. The summed E-state index contributed by atoms with van der Waals surface area (Å²) in [7, 11) is -2.82. The van der Waals surface area contributed by atoms with E-state index in [-0.39, 0.29) is 12.0 Å². The molecule has 0 spiro atoms. The Bertz CT molecular complexity index is 525. The zero-order valence-corrected chi connectivity index (χ0v) is 12.7. The van der Waals surface area contributed by atoms with Crippen LogP contribution in [-0.2, 0) is 9.84 Å². The zero-order valence-electron chi connectivity index (χ0n) is 11.9. The van der Waals surface area contributed by atoms with Crippen molar-refractivity contribution in [3.63, 3.8) is 0 Å². The zero-order chi connectivity index (χ0) is 14.6. The normalized spacial score (nSPS) is 22.6. The van der Waals surface area contributed by atoms with Crippen molar-refractivity contribution in [1.82, 2.24) is 0 Å². The third-order valence-electron chi connectivity index (χ3n) is 3.70. The number of benzene rings is 1. The smallest absolute Gasteiger partial charge is 0.150 e. The van der Waals surface area contributed by atoms with Gasteiger partial charge in [0, 0.05) is 6.04 Å². The van der Waals surface area contributed by atoms with Gasteiger partial charge in [0.1, 0.15) is 5.75 Å². The van der Waals surface area contributed by atoms with E-state index >= 15 is 0 Å². The minimum atomic E-state index is -2.82. The molecule has 0 aliphatic carbocycles. The van der Waals surface area contributed by atoms with Crippen molar-refractivity contribution >= 4 is 9.84 Å². The predicted octanol–water partition coefficient (Wildman–Crippen LogP) is 2.30. The first-order chi connectivity index (χ1) is 9.50. The second kappa shape index (κ2) is 6.59. The highest BCUT2D eigenvalue weighted by Gasteiger charge is 2.29. The van der Waals surface area contributed by atoms with Crippen LogP contribution in [0.25, 0.3) is 0 Å². The van der Waals surface area contributed by atoms with Gasteiger partial charge in [-0.05, 0) is 42.9 Å². The van der Waals surface area contributed by atoms with Gasteiger partial charge in [0.15, 0.2) is 9.84 Å². The first-order valence-corrected chi connectivity index (χ1v) is 9.01. The Hall–Kier alpha value is -1.07. The summed E-state index contributed by atoms with van der Waals surface area (Å²) in [6.45, 7) is 2.78. The quantitative estimate of drug-likeness (QED) is 0.874. The van der Waals surface area contributed by atoms with Gasteiger partial charge in [0.2, 0.25) is 0 Å². The maximum absolute atomic E-state index is 11.4. The van der Waals surface area contributed by atoms with E-state index in [0.717, 1.165) is 30.6 Å². The lowest BCUT2D eigenvalue weighted by molar-refractivity contribution is 0.317. The number of nitrogens with two attached hydrogens (primary N) is 1. The fraction of sp³-hybridized carbons (Fsp3) is 0.600. The Kier molecular flexibility index (Phi) is 5.05. The van der Waals surface area contributed by atoms with Crippen molar-refractivity contribution in [2.24, 2.45) is 11.7 Å². The molecule has 2 atom stereocenters. The molecule has 4 nitrogen and oxygen atoms in total. The van der Waals surface area contributed by atoms with E-state index in [2.05, 4.69) is 6.92 Å². The third-order valence-corrected chi connectivity index (χ3v) is 5.53. The summed E-state index contributed by atoms with van der Waals surface area (Å²) < 4.78 is 28.4. The minimum Gasteiger partial charge on any atom is -0.494 e. The topological polar surface area (TPSA) is 69.4 Å². The van der Waals surface area contributed by atoms with Crippen LogP contribution >= 0.6 is 0 Å². The Morgan fingerprint density at radius 2 is 2.05 bits per heavy atom. The van der Waals surface area contributed by atoms with Crippen molar-refractivity contribution in [3.8, 4) is 5.75 Å². The fourth-order valence-corrected chi connectivity index (χ4v) is 4.46. The Morgan fingerprint density at radius 1 is 1.35 bits per heavy atom. The Balaban J connectivity index is 1.90. The summed E-state index contributed by atoms with van der Waals surface area (Å²) in [4.78, 5) is 0. The summed E-state index contributed by atoms with van der Waals surface area (Å²) in [5.41, 5.74) is 7.22. The number of hydrogen-bond donors (Lipinski definition) is 1. The number of rotatable bonds is 6. The van der Waals surface area contributed by atoms with Crippen LogP contribution in [0.3, 0.4) is 0 Å². The summed E-state index contributed by atoms with van der Waals surface area (Å²) >= 11 is 0. The molecule has 112 valence electrons. The first-order valence-electron chi connectivity index (χ1n) is 7.19. The van der Waals surface area contributed by atoms with Gasteiger partial charge in [-0.25, -0.2) is 8.42 Å². The summed E-state index contributed by atoms with van der Waals surface area (Å²) in [5, 5.41) is 0. The Morgan fingerprint density at radius 3 is 2.60 bits per heavy atom. The van der Waals surface area contributed by atoms with E-state index in [0.29, 0.717) is 18.1 Å². The van der Waals surface area contributed by atoms with Crippen LogP contribution in [0.4, 0.5) is 0 Å². The fourth-order valence-electron chi connectivity index (χ4n) is 2.58. The monoisotopic (exact) mass is 297 g/mol. The highest BCUT2D eigenvalue weighted by Crippen LogP contribution is 2.28. The van der Waals surface area contributed by atoms with Gasteiger partial charge < -0.3 is 10.5 Å². The highest BCUT2D eigenvalue weighted by atomic mass is 32.2. The van der Waals surface area contributed by atoms with Gasteiger partial charge in [0.05, 0.1) is 18.1 Å². The van der Waals surface area contributed by atoms with E-state index in [9.17, 15) is 8.42 Å². The third kappa shape index (κ3) is 4.21. The van der Waals surface area contributed by atoms with Gasteiger partial charge in [0.25, 0.3) is 0 Å². The molecular weight excluding hydrogens is 274 g/mol. The lowest BCUT2D eigenvalue weighted by Crippen LogP contribution is -2.16. The molecule has 1 heterocycles. The average molecular weight is 297 g/mol. The van der Waals surface area contributed by atoms with Crippen LogP contribution in [0.15, 0.2) is 24.3 Å². The second-order valence-electron chi connectivity index (χ2n) is 5.53. The summed E-state index contributed by atoms with van der Waals surface area (Å²) in [5.74, 6) is 1.66. The maximum Gasteiger partial charge on any atom is 0.150 e. The lowest BCUT2D eigenvalue weighted by atomic mass is 9.95. The van der Waals surface area contributed by atoms with Gasteiger partial charge in [-0.15, -0.1) is 0 Å². The molecule has 1 aliphatic heterocycles. The van der Waals surface area contributed by atoms with Crippen LogP contribution in [0.5, 0.6) is 5.75 Å². The van der Waals surface area contributed by atoms with Crippen LogP contribution < -0.4 is 10.5 Å². The maximum atomic E-state index is 11.4. The van der Waals surface area contributed by atoms with Crippen molar-refractivity contribution in [2.45, 2.75) is 32.2 Å². The van der Waals surface area contributed by atoms with Crippen molar-refractivity contribution < 1.29 is 13.2 Å². The van der Waals surface area contributed by atoms with Crippen LogP contribution in [0.2, 0.25) is 0 Å². The van der Waals surface area contributed by atoms with E-state index in [4.69, 9.17) is 10.5 Å². The molecule has 0 aromatic heterocycles. The SMILES string of the molecule is CCCOc1ccc(C(N)CC2CCS(=O)(=O)C2)cc1. The molecule has 2 unspecified atom stereocenters. The molecule has 1 aromatic carbocycles. The van der Waals surface area contributed by atoms with Crippen LogP contribution in [0, 0.1) is 5.92 Å². The molecule has 2 N–H and O–H groups in total. The van der Waals surface area contributed by atoms with Gasteiger partial charge >= 0.3 is 0 Å². The molecule has 1 saturated heterocycles. The van der Waals surface area contributed by atoms with E-state index in [1.165, 1.54) is 0 Å². The molecule has 1 aromatic rings. The van der Waals surface area contributed by atoms with Gasteiger partial charge in [-0.2, -0.15) is 0 Å². The lowest BCUT2D eigenvalue weighted by Gasteiger charge is -2.16. The van der Waals surface area contributed by atoms with Crippen molar-refractivity contribution in [3.05, 3.63) is 29.8 Å². The molecular formula is C15H23NO3S. The first kappa shape index (κ1) is 15.3. The second-order valence-corrected chi connectivity index (χ2v) is 7.76. The largest absolute Gasteiger partial charge is 0.494 e. The van der Waals surface area contributed by atoms with E-state index in [1.54, 1.807) is 0 Å². The van der Waals surface area contributed by atoms with Crippen molar-refractivity contribution in [2.75, 3.05) is 18.1 Å². The van der Waals surface area contributed by atoms with Gasteiger partial charge in [-0.3, -0.25) is 0 Å². The molecule has 1 aliphatic rings. The highest BCUT2D eigenvalue weighted by molar-refractivity contribution is 7.91. The van der Waals surface area contributed by atoms with Crippen molar-refractivity contribution in [1.29, 1.82) is 0 Å². The predicted molar refractivity (Wildman–Crippen MR) is 80.5 cm³/mol. The molecule has 2 rings (SSSR count). The minimum absolute atomic E-state index is 0.103. The molecule has 20 heavy (non-hydrogen) atoms. The summed E-state index contributed by atoms with van der Waals surface area (Å²) in [6, 6.07) is 7.69. The van der Waals surface area contributed by atoms with Gasteiger partial charge in [-0.1, -0.05) is 19.1 Å². The molecule has 0 amide bonds. The standard InChI is InChI=1S/C15H23NO3S/c1-2-8-19-14-5-3-13(4-6-14)15(16)10-12-7-9-20(17,18)11-12/h3-6,12,15H,2,7-11,16H2,1H3. The van der Waals surface area contributed by atoms with Crippen LogP contribution in [0.1, 0.15) is 37.8 Å². The van der Waals surface area contributed by atoms with E-state index in [1.807, 2.05) is 24.3 Å². The summed E-state index contributed by atoms with van der Waals surface area (Å²) in [6.07, 6.45) is 2.46.